The summed E-state index contributed by atoms with van der Waals surface area (Å²) < 4.78 is 7.96. The zero-order valence-corrected chi connectivity index (χ0v) is 19.1. The lowest BCUT2D eigenvalue weighted by Crippen LogP contribution is -2.28. The third-order valence-corrected chi connectivity index (χ3v) is 6.23. The smallest absolute Gasteiger partial charge is 0.187 e. The average molecular weight is 458 g/mol. The second-order valence-corrected chi connectivity index (χ2v) is 8.92. The lowest BCUT2D eigenvalue weighted by Gasteiger charge is -2.24. The van der Waals surface area contributed by atoms with E-state index in [2.05, 4.69) is 40.4 Å². The van der Waals surface area contributed by atoms with Crippen LogP contribution in [0.2, 0.25) is 0 Å². The van der Waals surface area contributed by atoms with Crippen molar-refractivity contribution in [2.24, 2.45) is 5.73 Å². The van der Waals surface area contributed by atoms with Crippen LogP contribution in [0.1, 0.15) is 51.8 Å². The van der Waals surface area contributed by atoms with Crippen molar-refractivity contribution in [3.05, 3.63) is 53.7 Å². The number of hydrogen-bond donors (Lipinski definition) is 1. The SMILES string of the molecule is C.CC(C)Oc1c(C#N)ccc2ccc(-c3nnc4ccc([C@H](C)N5CC[C@H](N)C5)cn34)nc12. The third-order valence-electron chi connectivity index (χ3n) is 6.23. The monoisotopic (exact) mass is 457 g/mol. The number of aromatic nitrogens is 4. The van der Waals surface area contributed by atoms with Gasteiger partial charge in [-0.2, -0.15) is 5.26 Å². The topological polar surface area (TPSA) is 105 Å². The number of pyridine rings is 2. The molecule has 1 saturated heterocycles. The maximum atomic E-state index is 9.58. The summed E-state index contributed by atoms with van der Waals surface area (Å²) in [6.07, 6.45) is 3.03. The van der Waals surface area contributed by atoms with Crippen LogP contribution in [0.5, 0.6) is 5.75 Å². The Kier molecular flexibility index (Phi) is 6.51. The van der Waals surface area contributed by atoms with Gasteiger partial charge in [0.05, 0.1) is 11.7 Å². The second-order valence-electron chi connectivity index (χ2n) is 8.92. The van der Waals surface area contributed by atoms with Crippen LogP contribution in [0.4, 0.5) is 0 Å². The van der Waals surface area contributed by atoms with Crippen molar-refractivity contribution in [3.8, 4) is 23.3 Å². The van der Waals surface area contributed by atoms with E-state index in [1.165, 1.54) is 5.56 Å². The van der Waals surface area contributed by atoms with Crippen LogP contribution >= 0.6 is 0 Å². The van der Waals surface area contributed by atoms with E-state index in [4.69, 9.17) is 15.5 Å². The van der Waals surface area contributed by atoms with E-state index in [-0.39, 0.29) is 25.6 Å². The lowest BCUT2D eigenvalue weighted by molar-refractivity contribution is 0.244. The Bertz CT molecular complexity index is 1370. The minimum atomic E-state index is -0.0789. The van der Waals surface area contributed by atoms with Crippen LogP contribution in [0.15, 0.2) is 42.6 Å². The Balaban J connectivity index is 0.00000274. The fraction of sp³-hybridized carbons (Fsp3) is 0.385. The van der Waals surface area contributed by atoms with Gasteiger partial charge in [0.1, 0.15) is 17.3 Å². The molecular weight excluding hydrogens is 426 g/mol. The number of benzene rings is 1. The Morgan fingerprint density at radius 3 is 2.62 bits per heavy atom. The standard InChI is InChI=1S/C25H27N7O.CH4/c1-15(2)33-24-18(12-26)5-4-17-6-8-21(28-23(17)24)25-30-29-22-9-7-19(13-32(22)25)16(3)31-11-10-20(27)14-31;/h4-9,13,15-16,20H,10-11,14,27H2,1-3H3;1H4/t16-,20-;/m0./s1. The Hall–Kier alpha value is -3.54. The predicted molar refractivity (Wildman–Crippen MR) is 134 cm³/mol. The van der Waals surface area contributed by atoms with E-state index in [1.807, 2.05) is 42.5 Å². The van der Waals surface area contributed by atoms with Gasteiger partial charge in [0.15, 0.2) is 17.2 Å². The Morgan fingerprint density at radius 1 is 1.12 bits per heavy atom. The Morgan fingerprint density at radius 2 is 1.91 bits per heavy atom. The number of fused-ring (bicyclic) bond motifs is 2. The van der Waals surface area contributed by atoms with Crippen molar-refractivity contribution < 1.29 is 4.74 Å². The highest BCUT2D eigenvalue weighted by Gasteiger charge is 2.25. The summed E-state index contributed by atoms with van der Waals surface area (Å²) in [5.74, 6) is 1.15. The van der Waals surface area contributed by atoms with Gasteiger partial charge in [-0.1, -0.05) is 25.6 Å². The molecule has 0 unspecified atom stereocenters. The van der Waals surface area contributed by atoms with Gasteiger partial charge in [0.2, 0.25) is 0 Å². The molecule has 4 heterocycles. The van der Waals surface area contributed by atoms with Crippen molar-refractivity contribution in [2.75, 3.05) is 13.1 Å². The van der Waals surface area contributed by atoms with Crippen LogP contribution in [-0.2, 0) is 0 Å². The molecule has 34 heavy (non-hydrogen) atoms. The summed E-state index contributed by atoms with van der Waals surface area (Å²) in [5.41, 5.74) is 9.83. The summed E-state index contributed by atoms with van der Waals surface area (Å²) >= 11 is 0. The van der Waals surface area contributed by atoms with Crippen LogP contribution in [-0.4, -0.2) is 49.7 Å². The van der Waals surface area contributed by atoms with Gasteiger partial charge in [0, 0.05) is 36.8 Å². The maximum Gasteiger partial charge on any atom is 0.187 e. The number of nitriles is 1. The molecule has 0 aliphatic carbocycles. The first-order valence-corrected chi connectivity index (χ1v) is 11.3. The molecule has 8 heteroatoms. The first kappa shape index (κ1) is 23.6. The molecule has 1 fully saturated rings. The van der Waals surface area contributed by atoms with Crippen LogP contribution in [0.25, 0.3) is 28.1 Å². The zero-order chi connectivity index (χ0) is 23.1. The lowest BCUT2D eigenvalue weighted by atomic mass is 10.1. The molecule has 0 saturated carbocycles. The van der Waals surface area contributed by atoms with E-state index >= 15 is 0 Å². The molecule has 0 amide bonds. The number of nitrogens with zero attached hydrogens (tertiary/aromatic N) is 6. The van der Waals surface area contributed by atoms with E-state index in [0.29, 0.717) is 28.3 Å². The number of likely N-dealkylation sites (tertiary alicyclic amines) is 1. The average Bonchev–Trinajstić information content (AvgIpc) is 3.44. The number of rotatable bonds is 5. The maximum absolute atomic E-state index is 9.58. The highest BCUT2D eigenvalue weighted by molar-refractivity contribution is 5.88. The molecule has 1 aliphatic heterocycles. The molecule has 176 valence electrons. The van der Waals surface area contributed by atoms with Crippen molar-refractivity contribution in [1.29, 1.82) is 5.26 Å². The highest BCUT2D eigenvalue weighted by Crippen LogP contribution is 2.32. The summed E-state index contributed by atoms with van der Waals surface area (Å²) in [7, 11) is 0. The molecular formula is C26H31N7O. The number of nitrogens with two attached hydrogens (primary N) is 1. The predicted octanol–water partition coefficient (Wildman–Crippen LogP) is 4.33. The van der Waals surface area contributed by atoms with Gasteiger partial charge in [-0.15, -0.1) is 10.2 Å². The molecule has 0 radical (unpaired) electrons. The number of ether oxygens (including phenoxy) is 1. The fourth-order valence-corrected chi connectivity index (χ4v) is 4.44. The van der Waals surface area contributed by atoms with Gasteiger partial charge in [-0.05, 0) is 51.0 Å². The van der Waals surface area contributed by atoms with E-state index in [9.17, 15) is 5.26 Å². The molecule has 1 aromatic carbocycles. The minimum Gasteiger partial charge on any atom is -0.487 e. The fourth-order valence-electron chi connectivity index (χ4n) is 4.44. The summed E-state index contributed by atoms with van der Waals surface area (Å²) in [6, 6.07) is 14.4. The summed E-state index contributed by atoms with van der Waals surface area (Å²) in [6.45, 7) is 7.98. The summed E-state index contributed by atoms with van der Waals surface area (Å²) in [5, 5.41) is 19.3. The molecule has 2 N–H and O–H groups in total. The Labute approximate surface area is 200 Å². The van der Waals surface area contributed by atoms with Gasteiger partial charge in [-0.3, -0.25) is 9.30 Å². The van der Waals surface area contributed by atoms with Crippen molar-refractivity contribution in [2.45, 2.75) is 52.8 Å². The largest absolute Gasteiger partial charge is 0.487 e. The molecule has 0 bridgehead atoms. The van der Waals surface area contributed by atoms with Crippen molar-refractivity contribution in [1.82, 2.24) is 24.5 Å². The normalized spacial score (nSPS) is 17.1. The van der Waals surface area contributed by atoms with Gasteiger partial charge < -0.3 is 10.5 Å². The quantitative estimate of drug-likeness (QED) is 0.475. The van der Waals surface area contributed by atoms with Crippen molar-refractivity contribution >= 4 is 16.6 Å². The molecule has 2 atom stereocenters. The first-order valence-electron chi connectivity index (χ1n) is 11.3. The van der Waals surface area contributed by atoms with Crippen LogP contribution in [0, 0.1) is 11.3 Å². The number of hydrogen-bond acceptors (Lipinski definition) is 7. The van der Waals surface area contributed by atoms with Gasteiger partial charge in [0.25, 0.3) is 0 Å². The minimum absolute atomic E-state index is 0. The second kappa shape index (κ2) is 9.37. The molecule has 1 aliphatic rings. The van der Waals surface area contributed by atoms with Gasteiger partial charge in [-0.25, -0.2) is 4.98 Å². The highest BCUT2D eigenvalue weighted by atomic mass is 16.5. The molecule has 4 aromatic rings. The van der Waals surface area contributed by atoms with Gasteiger partial charge >= 0.3 is 0 Å². The molecule has 5 rings (SSSR count). The van der Waals surface area contributed by atoms with E-state index in [0.717, 1.165) is 30.5 Å². The molecule has 3 aromatic heterocycles. The van der Waals surface area contributed by atoms with Crippen LogP contribution < -0.4 is 10.5 Å². The molecule has 8 nitrogen and oxygen atoms in total. The molecule has 0 spiro atoms. The zero-order valence-electron chi connectivity index (χ0n) is 19.1. The third kappa shape index (κ3) is 4.20. The van der Waals surface area contributed by atoms with Crippen molar-refractivity contribution in [3.63, 3.8) is 0 Å². The van der Waals surface area contributed by atoms with E-state index < -0.39 is 0 Å². The van der Waals surface area contributed by atoms with Crippen LogP contribution in [0.3, 0.4) is 0 Å². The summed E-state index contributed by atoms with van der Waals surface area (Å²) in [4.78, 5) is 7.27. The first-order chi connectivity index (χ1) is 15.9. The van der Waals surface area contributed by atoms with E-state index in [1.54, 1.807) is 6.07 Å².